The van der Waals surface area contributed by atoms with E-state index in [1.807, 2.05) is 31.2 Å². The maximum atomic E-state index is 12.6. The number of fused-ring (bicyclic) bond motifs is 1. The van der Waals surface area contributed by atoms with Gasteiger partial charge in [0.15, 0.2) is 11.0 Å². The maximum Gasteiger partial charge on any atom is 0.230 e. The topological polar surface area (TPSA) is 72.7 Å². The fourth-order valence-electron chi connectivity index (χ4n) is 3.71. The van der Waals surface area contributed by atoms with E-state index in [1.165, 1.54) is 22.5 Å². The molecule has 156 valence electrons. The van der Waals surface area contributed by atoms with Gasteiger partial charge in [-0.1, -0.05) is 48.2 Å². The van der Waals surface area contributed by atoms with Gasteiger partial charge in [0.2, 0.25) is 5.91 Å². The van der Waals surface area contributed by atoms with Gasteiger partial charge in [0.1, 0.15) is 0 Å². The zero-order valence-corrected chi connectivity index (χ0v) is 18.0. The molecular formula is C24H23N5OS. The fraction of sp³-hybridized carbons (Fsp3) is 0.250. The summed E-state index contributed by atoms with van der Waals surface area (Å²) in [6, 6.07) is 18.8. The third-order valence-corrected chi connectivity index (χ3v) is 6.44. The Morgan fingerprint density at radius 1 is 1.10 bits per heavy atom. The van der Waals surface area contributed by atoms with Crippen LogP contribution in [0.15, 0.2) is 72.1 Å². The molecule has 6 nitrogen and oxygen atoms in total. The fourth-order valence-corrected chi connectivity index (χ4v) is 4.53. The first-order valence-corrected chi connectivity index (χ1v) is 11.4. The van der Waals surface area contributed by atoms with E-state index in [4.69, 9.17) is 0 Å². The SMILES string of the molecule is CC(NC(=O)CSc1nnc(-c2ccncc2)n1C1CC1)c1ccc2ccccc2c1. The standard InChI is InChI=1S/C24H23N5OS/c1-16(19-7-6-17-4-2-3-5-20(17)14-19)26-22(30)15-31-24-28-27-23(29(24)21-8-9-21)18-10-12-25-13-11-18/h2-7,10-14,16,21H,8-9,15H2,1H3,(H,26,30). The third-order valence-electron chi connectivity index (χ3n) is 5.50. The number of carbonyl (C=O) groups excluding carboxylic acids is 1. The molecular weight excluding hydrogens is 406 g/mol. The van der Waals surface area contributed by atoms with E-state index in [-0.39, 0.29) is 11.9 Å². The first kappa shape index (κ1) is 19.8. The summed E-state index contributed by atoms with van der Waals surface area (Å²) in [6.45, 7) is 2.01. The summed E-state index contributed by atoms with van der Waals surface area (Å²) in [6.07, 6.45) is 5.76. The molecule has 1 amide bonds. The highest BCUT2D eigenvalue weighted by molar-refractivity contribution is 7.99. The first-order valence-electron chi connectivity index (χ1n) is 10.5. The van der Waals surface area contributed by atoms with Crippen molar-refractivity contribution in [3.05, 3.63) is 72.6 Å². The van der Waals surface area contributed by atoms with Gasteiger partial charge in [-0.2, -0.15) is 0 Å². The molecule has 1 atom stereocenters. The van der Waals surface area contributed by atoms with Crippen molar-refractivity contribution in [1.29, 1.82) is 0 Å². The van der Waals surface area contributed by atoms with Crippen LogP contribution in [0.2, 0.25) is 0 Å². The van der Waals surface area contributed by atoms with Gasteiger partial charge in [-0.05, 0) is 54.3 Å². The van der Waals surface area contributed by atoms with Crippen molar-refractivity contribution < 1.29 is 4.79 Å². The Hall–Kier alpha value is -3.19. The van der Waals surface area contributed by atoms with Crippen LogP contribution in [-0.4, -0.2) is 31.4 Å². The predicted molar refractivity (Wildman–Crippen MR) is 123 cm³/mol. The number of hydrogen-bond acceptors (Lipinski definition) is 5. The lowest BCUT2D eigenvalue weighted by molar-refractivity contribution is -0.119. The summed E-state index contributed by atoms with van der Waals surface area (Å²) >= 11 is 1.44. The number of amides is 1. The van der Waals surface area contributed by atoms with Crippen LogP contribution in [0.4, 0.5) is 0 Å². The Bertz CT molecular complexity index is 1220. The Labute approximate surface area is 185 Å². The number of aromatic nitrogens is 4. The molecule has 2 aromatic carbocycles. The summed E-state index contributed by atoms with van der Waals surface area (Å²) in [5.41, 5.74) is 2.09. The molecule has 1 saturated carbocycles. The van der Waals surface area contributed by atoms with E-state index in [9.17, 15) is 4.79 Å². The molecule has 0 radical (unpaired) electrons. The zero-order valence-electron chi connectivity index (χ0n) is 17.2. The summed E-state index contributed by atoms with van der Waals surface area (Å²) in [5, 5.41) is 15.0. The van der Waals surface area contributed by atoms with Crippen molar-refractivity contribution >= 4 is 28.4 Å². The first-order chi connectivity index (χ1) is 15.2. The molecule has 7 heteroatoms. The molecule has 0 bridgehead atoms. The summed E-state index contributed by atoms with van der Waals surface area (Å²) < 4.78 is 2.17. The van der Waals surface area contributed by atoms with Gasteiger partial charge < -0.3 is 5.32 Å². The number of nitrogens with zero attached hydrogens (tertiary/aromatic N) is 4. The monoisotopic (exact) mass is 429 g/mol. The van der Waals surface area contributed by atoms with Gasteiger partial charge in [-0.25, -0.2) is 0 Å². The lowest BCUT2D eigenvalue weighted by Gasteiger charge is -2.15. The largest absolute Gasteiger partial charge is 0.349 e. The maximum absolute atomic E-state index is 12.6. The second-order valence-corrected chi connectivity index (χ2v) is 8.77. The number of pyridine rings is 1. The molecule has 1 N–H and O–H groups in total. The Morgan fingerprint density at radius 2 is 1.87 bits per heavy atom. The average Bonchev–Trinajstić information content (AvgIpc) is 3.56. The van der Waals surface area contributed by atoms with Gasteiger partial charge in [0, 0.05) is 24.0 Å². The molecule has 5 rings (SSSR count). The van der Waals surface area contributed by atoms with Gasteiger partial charge in [0.05, 0.1) is 11.8 Å². The highest BCUT2D eigenvalue weighted by Crippen LogP contribution is 2.40. The molecule has 1 fully saturated rings. The van der Waals surface area contributed by atoms with Crippen molar-refractivity contribution in [2.45, 2.75) is 37.0 Å². The molecule has 0 saturated heterocycles. The second kappa shape index (κ2) is 8.51. The van der Waals surface area contributed by atoms with E-state index in [0.717, 1.165) is 34.9 Å². The van der Waals surface area contributed by atoms with Crippen LogP contribution in [0.25, 0.3) is 22.2 Å². The Balaban J connectivity index is 1.26. The minimum atomic E-state index is -0.0635. The van der Waals surface area contributed by atoms with Crippen LogP contribution >= 0.6 is 11.8 Å². The molecule has 2 aromatic heterocycles. The van der Waals surface area contributed by atoms with E-state index in [0.29, 0.717) is 11.8 Å². The van der Waals surface area contributed by atoms with Gasteiger partial charge in [-0.3, -0.25) is 14.3 Å². The highest BCUT2D eigenvalue weighted by atomic mass is 32.2. The van der Waals surface area contributed by atoms with E-state index in [2.05, 4.69) is 55.4 Å². The third kappa shape index (κ3) is 4.32. The number of hydrogen-bond donors (Lipinski definition) is 1. The lowest BCUT2D eigenvalue weighted by atomic mass is 10.0. The van der Waals surface area contributed by atoms with Gasteiger partial charge in [-0.15, -0.1) is 10.2 Å². The highest BCUT2D eigenvalue weighted by Gasteiger charge is 2.30. The number of thioether (sulfide) groups is 1. The smallest absolute Gasteiger partial charge is 0.230 e. The van der Waals surface area contributed by atoms with E-state index in [1.54, 1.807) is 12.4 Å². The second-order valence-electron chi connectivity index (χ2n) is 7.83. The van der Waals surface area contributed by atoms with Crippen molar-refractivity contribution in [1.82, 2.24) is 25.1 Å². The molecule has 1 aliphatic rings. The number of nitrogens with one attached hydrogen (secondary N) is 1. The van der Waals surface area contributed by atoms with Crippen LogP contribution in [0.5, 0.6) is 0 Å². The van der Waals surface area contributed by atoms with E-state index >= 15 is 0 Å². The van der Waals surface area contributed by atoms with Gasteiger partial charge in [0.25, 0.3) is 0 Å². The molecule has 1 unspecified atom stereocenters. The van der Waals surface area contributed by atoms with Crippen LogP contribution in [0.1, 0.15) is 37.4 Å². The summed E-state index contributed by atoms with van der Waals surface area (Å²) in [7, 11) is 0. The van der Waals surface area contributed by atoms with E-state index < -0.39 is 0 Å². The number of benzene rings is 2. The Morgan fingerprint density at radius 3 is 2.65 bits per heavy atom. The minimum absolute atomic E-state index is 0.0125. The minimum Gasteiger partial charge on any atom is -0.349 e. The zero-order chi connectivity index (χ0) is 21.2. The molecule has 0 spiro atoms. The van der Waals surface area contributed by atoms with Crippen molar-refractivity contribution in [2.75, 3.05) is 5.75 Å². The molecule has 4 aromatic rings. The number of carbonyl (C=O) groups is 1. The average molecular weight is 430 g/mol. The van der Waals surface area contributed by atoms with Crippen LogP contribution in [0.3, 0.4) is 0 Å². The van der Waals surface area contributed by atoms with Crippen molar-refractivity contribution in [2.24, 2.45) is 0 Å². The van der Waals surface area contributed by atoms with Crippen LogP contribution in [0, 0.1) is 0 Å². The van der Waals surface area contributed by atoms with Crippen LogP contribution < -0.4 is 5.32 Å². The lowest BCUT2D eigenvalue weighted by Crippen LogP contribution is -2.28. The van der Waals surface area contributed by atoms with Crippen molar-refractivity contribution in [3.63, 3.8) is 0 Å². The molecule has 31 heavy (non-hydrogen) atoms. The number of rotatable bonds is 7. The molecule has 2 heterocycles. The van der Waals surface area contributed by atoms with Crippen LogP contribution in [-0.2, 0) is 4.79 Å². The molecule has 0 aliphatic heterocycles. The van der Waals surface area contributed by atoms with Crippen molar-refractivity contribution in [3.8, 4) is 11.4 Å². The summed E-state index contributed by atoms with van der Waals surface area (Å²) in [4.78, 5) is 16.7. The summed E-state index contributed by atoms with van der Waals surface area (Å²) in [5.74, 6) is 1.14. The Kier molecular flexibility index (Phi) is 5.42. The quantitative estimate of drug-likeness (QED) is 0.427. The predicted octanol–water partition coefficient (Wildman–Crippen LogP) is 4.80. The molecule has 1 aliphatic carbocycles. The normalized spacial score (nSPS) is 14.5. The van der Waals surface area contributed by atoms with Gasteiger partial charge >= 0.3 is 0 Å².